The van der Waals surface area contributed by atoms with Gasteiger partial charge in [-0.05, 0) is 6.92 Å². The number of aliphatic hydroxyl groups excluding tert-OH is 1. The Kier molecular flexibility index (Phi) is 5.05. The number of β-amino-alcohol motifs (C(OH)–C–C–N with tert-alkyl or cyclic N) is 1. The Morgan fingerprint density at radius 2 is 1.81 bits per heavy atom. The number of carboxylic acids is 1. The first kappa shape index (κ1) is 17.5. The average molecular weight is 302 g/mol. The van der Waals surface area contributed by atoms with Crippen LogP contribution >= 0.6 is 0 Å². The van der Waals surface area contributed by atoms with Crippen LogP contribution in [0.15, 0.2) is 0 Å². The van der Waals surface area contributed by atoms with E-state index in [2.05, 4.69) is 0 Å². The highest BCUT2D eigenvalue weighted by Crippen LogP contribution is 2.24. The SMILES string of the molecule is CC(C(=O)[C@@H]1C[C@@H](O)CN1C(=O)[C@H](C)N)C(N)(N)C(=O)O. The highest BCUT2D eigenvalue weighted by Gasteiger charge is 2.47. The summed E-state index contributed by atoms with van der Waals surface area (Å²) in [6.45, 7) is 2.72. The number of carboxylic acid groups (broad SMARTS) is 1. The summed E-state index contributed by atoms with van der Waals surface area (Å²) < 4.78 is 0. The van der Waals surface area contributed by atoms with E-state index in [1.54, 1.807) is 0 Å². The Bertz CT molecular complexity index is 451. The summed E-state index contributed by atoms with van der Waals surface area (Å²) >= 11 is 0. The van der Waals surface area contributed by atoms with Gasteiger partial charge in [-0.3, -0.25) is 9.59 Å². The monoisotopic (exact) mass is 302 g/mol. The minimum atomic E-state index is -2.24. The topological polar surface area (TPSA) is 173 Å². The number of carbonyl (C=O) groups is 3. The molecule has 8 N–H and O–H groups in total. The molecule has 9 heteroatoms. The van der Waals surface area contributed by atoms with Crippen LogP contribution in [-0.4, -0.2) is 63.2 Å². The molecule has 9 nitrogen and oxygen atoms in total. The fraction of sp³-hybridized carbons (Fsp3) is 0.750. The van der Waals surface area contributed by atoms with Crippen molar-refractivity contribution in [3.63, 3.8) is 0 Å². The molecule has 120 valence electrons. The highest BCUT2D eigenvalue weighted by atomic mass is 16.4. The largest absolute Gasteiger partial charge is 0.479 e. The third-order valence-corrected chi connectivity index (χ3v) is 3.79. The summed E-state index contributed by atoms with van der Waals surface area (Å²) in [4.78, 5) is 36.6. The molecule has 0 bridgehead atoms. The zero-order chi connectivity index (χ0) is 16.5. The van der Waals surface area contributed by atoms with E-state index in [0.717, 1.165) is 4.90 Å². The van der Waals surface area contributed by atoms with Gasteiger partial charge in [0.2, 0.25) is 5.91 Å². The first-order valence-corrected chi connectivity index (χ1v) is 6.59. The van der Waals surface area contributed by atoms with Gasteiger partial charge in [0.1, 0.15) is 0 Å². The number of aliphatic carboxylic acids is 1. The molecule has 1 amide bonds. The van der Waals surface area contributed by atoms with Gasteiger partial charge < -0.3 is 32.3 Å². The van der Waals surface area contributed by atoms with Crippen molar-refractivity contribution in [3.05, 3.63) is 0 Å². The van der Waals surface area contributed by atoms with Crippen LogP contribution in [0.2, 0.25) is 0 Å². The Balaban J connectivity index is 2.99. The summed E-state index contributed by atoms with van der Waals surface area (Å²) in [7, 11) is 0. The molecule has 1 aliphatic heterocycles. The van der Waals surface area contributed by atoms with Crippen molar-refractivity contribution < 1.29 is 24.6 Å². The number of nitrogens with zero attached hydrogens (tertiary/aromatic N) is 1. The van der Waals surface area contributed by atoms with Crippen LogP contribution in [0.3, 0.4) is 0 Å². The fourth-order valence-corrected chi connectivity index (χ4v) is 2.30. The van der Waals surface area contributed by atoms with Gasteiger partial charge in [0.05, 0.1) is 24.1 Å². The lowest BCUT2D eigenvalue weighted by atomic mass is 9.87. The molecule has 0 aliphatic carbocycles. The number of likely N-dealkylation sites (tertiary alicyclic amines) is 1. The quantitative estimate of drug-likeness (QED) is 0.338. The molecule has 0 aromatic carbocycles. The maximum Gasteiger partial charge on any atom is 0.339 e. The lowest BCUT2D eigenvalue weighted by molar-refractivity contribution is -0.150. The van der Waals surface area contributed by atoms with Gasteiger partial charge in [0, 0.05) is 13.0 Å². The van der Waals surface area contributed by atoms with Crippen LogP contribution in [0.25, 0.3) is 0 Å². The molecule has 0 radical (unpaired) electrons. The van der Waals surface area contributed by atoms with E-state index in [4.69, 9.17) is 22.3 Å². The first-order valence-electron chi connectivity index (χ1n) is 6.59. The number of carbonyl (C=O) groups excluding carboxylic acids is 2. The zero-order valence-electron chi connectivity index (χ0n) is 12.0. The van der Waals surface area contributed by atoms with Crippen LogP contribution in [0.4, 0.5) is 0 Å². The number of ketones is 1. The number of rotatable bonds is 5. The molecular weight excluding hydrogens is 280 g/mol. The van der Waals surface area contributed by atoms with Gasteiger partial charge in [0.15, 0.2) is 11.4 Å². The Morgan fingerprint density at radius 3 is 2.24 bits per heavy atom. The Labute approximate surface area is 122 Å². The second-order valence-corrected chi connectivity index (χ2v) is 5.55. The molecule has 4 atom stereocenters. The van der Waals surface area contributed by atoms with Gasteiger partial charge >= 0.3 is 5.97 Å². The van der Waals surface area contributed by atoms with Gasteiger partial charge in [-0.25, -0.2) is 4.79 Å². The highest BCUT2D eigenvalue weighted by molar-refractivity contribution is 5.96. The summed E-state index contributed by atoms with van der Waals surface area (Å²) in [6, 6.07) is -1.81. The molecule has 1 heterocycles. The van der Waals surface area contributed by atoms with E-state index in [1.165, 1.54) is 13.8 Å². The fourth-order valence-electron chi connectivity index (χ4n) is 2.30. The van der Waals surface area contributed by atoms with Crippen molar-refractivity contribution >= 4 is 17.7 Å². The summed E-state index contributed by atoms with van der Waals surface area (Å²) in [5.41, 5.74) is 14.2. The molecule has 1 rings (SSSR count). The molecule has 1 aliphatic rings. The van der Waals surface area contributed by atoms with Crippen molar-refractivity contribution in [2.45, 2.75) is 44.1 Å². The molecule has 0 aromatic rings. The molecule has 21 heavy (non-hydrogen) atoms. The van der Waals surface area contributed by atoms with E-state index in [9.17, 15) is 19.5 Å². The zero-order valence-corrected chi connectivity index (χ0v) is 12.0. The standard InChI is InChI=1S/C12H22N4O5/c1-5(12(14,15)11(20)21)9(18)8-3-7(17)4-16(8)10(19)6(2)13/h5-8,17H,3-4,13-15H2,1-2H3,(H,20,21)/t5?,6-,7+,8-/m0/s1. The van der Waals surface area contributed by atoms with Crippen LogP contribution in [0, 0.1) is 5.92 Å². The van der Waals surface area contributed by atoms with Crippen molar-refractivity contribution in [3.8, 4) is 0 Å². The molecule has 1 unspecified atom stereocenters. The van der Waals surface area contributed by atoms with Crippen LogP contribution in [0.5, 0.6) is 0 Å². The number of nitrogens with two attached hydrogens (primary N) is 3. The van der Waals surface area contributed by atoms with Crippen LogP contribution < -0.4 is 17.2 Å². The molecule has 1 fully saturated rings. The summed E-state index contributed by atoms with van der Waals surface area (Å²) in [5.74, 6) is -3.85. The van der Waals surface area contributed by atoms with Gasteiger partial charge in [-0.1, -0.05) is 6.92 Å². The number of hydrogen-bond donors (Lipinski definition) is 5. The van der Waals surface area contributed by atoms with Crippen molar-refractivity contribution in [1.82, 2.24) is 4.90 Å². The third-order valence-electron chi connectivity index (χ3n) is 3.79. The predicted molar refractivity (Wildman–Crippen MR) is 72.7 cm³/mol. The van der Waals surface area contributed by atoms with Gasteiger partial charge in [-0.2, -0.15) is 0 Å². The molecule has 0 spiro atoms. The predicted octanol–water partition coefficient (Wildman–Crippen LogP) is -2.80. The second-order valence-electron chi connectivity index (χ2n) is 5.55. The number of hydrogen-bond acceptors (Lipinski definition) is 7. The van der Waals surface area contributed by atoms with E-state index < -0.39 is 47.4 Å². The third kappa shape index (κ3) is 3.38. The smallest absolute Gasteiger partial charge is 0.339 e. The van der Waals surface area contributed by atoms with Crippen LogP contribution in [-0.2, 0) is 14.4 Å². The minimum absolute atomic E-state index is 0.0112. The van der Waals surface area contributed by atoms with Crippen molar-refractivity contribution in [2.75, 3.05) is 6.54 Å². The van der Waals surface area contributed by atoms with Crippen molar-refractivity contribution in [2.24, 2.45) is 23.1 Å². The number of amides is 1. The normalized spacial score (nSPS) is 25.5. The molecule has 0 saturated carbocycles. The van der Waals surface area contributed by atoms with Gasteiger partial charge in [0.25, 0.3) is 0 Å². The summed E-state index contributed by atoms with van der Waals surface area (Å²) in [6.07, 6.45) is -0.860. The minimum Gasteiger partial charge on any atom is -0.479 e. The number of Topliss-reactive ketones (excluding diaryl/α,β-unsaturated/α-hetero) is 1. The molecule has 0 aromatic heterocycles. The van der Waals surface area contributed by atoms with Crippen molar-refractivity contribution in [1.29, 1.82) is 0 Å². The second kappa shape index (κ2) is 6.06. The molecular formula is C12H22N4O5. The van der Waals surface area contributed by atoms with Crippen LogP contribution in [0.1, 0.15) is 20.3 Å². The Morgan fingerprint density at radius 1 is 1.29 bits per heavy atom. The lowest BCUT2D eigenvalue weighted by Crippen LogP contribution is -2.64. The average Bonchev–Trinajstić information content (AvgIpc) is 2.77. The first-order chi connectivity index (χ1) is 9.50. The van der Waals surface area contributed by atoms with E-state index >= 15 is 0 Å². The Hall–Kier alpha value is -1.55. The summed E-state index contributed by atoms with van der Waals surface area (Å²) in [5, 5.41) is 18.6. The molecule has 1 saturated heterocycles. The maximum atomic E-state index is 12.4. The maximum absolute atomic E-state index is 12.4. The number of aliphatic hydroxyl groups is 1. The lowest BCUT2D eigenvalue weighted by Gasteiger charge is -2.31. The van der Waals surface area contributed by atoms with E-state index in [1.807, 2.05) is 0 Å². The van der Waals surface area contributed by atoms with E-state index in [0.29, 0.717) is 0 Å². The van der Waals surface area contributed by atoms with Gasteiger partial charge in [-0.15, -0.1) is 0 Å². The van der Waals surface area contributed by atoms with E-state index in [-0.39, 0.29) is 13.0 Å².